The number of hydrogen-bond donors (Lipinski definition) is 3. The van der Waals surface area contributed by atoms with Crippen molar-refractivity contribution in [2.24, 2.45) is 11.8 Å². The first-order valence-corrected chi connectivity index (χ1v) is 13.8. The second-order valence-electron chi connectivity index (χ2n) is 10.2. The Morgan fingerprint density at radius 3 is 2.63 bits per heavy atom. The molecule has 0 saturated carbocycles. The first-order chi connectivity index (χ1) is 18.4. The van der Waals surface area contributed by atoms with Gasteiger partial charge in [-0.1, -0.05) is 45.1 Å². The van der Waals surface area contributed by atoms with Crippen LogP contribution in [-0.4, -0.2) is 61.4 Å². The molecule has 210 valence electrons. The molecule has 5 atom stereocenters. The smallest absolute Gasteiger partial charge is 0.330 e. The van der Waals surface area contributed by atoms with Crippen LogP contribution in [0.2, 0.25) is 0 Å². The molecule has 1 aromatic carbocycles. The van der Waals surface area contributed by atoms with E-state index in [2.05, 4.69) is 22.3 Å². The number of benzene rings is 1. The van der Waals surface area contributed by atoms with E-state index in [9.17, 15) is 23.9 Å². The number of ether oxygens (including phenoxy) is 2. The molecule has 0 radical (unpaired) electrons. The number of methoxy groups -OCH3 is 1. The summed E-state index contributed by atoms with van der Waals surface area (Å²) in [6, 6.07) is 3.26. The van der Waals surface area contributed by atoms with Crippen LogP contribution in [0.5, 0.6) is 0 Å². The SMILES string of the molecule is CCCCCCCCNC(=O)C(CO)NC(=O)C1C2CCC(O2)C1Cc1cc(F)ccc1/C=C/C(=O)OC. The molecule has 2 heterocycles. The van der Waals surface area contributed by atoms with E-state index in [1.54, 1.807) is 12.1 Å². The minimum absolute atomic E-state index is 0.162. The molecule has 2 bridgehead atoms. The Morgan fingerprint density at radius 1 is 1.16 bits per heavy atom. The topological polar surface area (TPSA) is 114 Å². The zero-order valence-corrected chi connectivity index (χ0v) is 22.4. The van der Waals surface area contributed by atoms with E-state index in [1.165, 1.54) is 44.6 Å². The van der Waals surface area contributed by atoms with Crippen LogP contribution in [0, 0.1) is 17.7 Å². The van der Waals surface area contributed by atoms with Gasteiger partial charge in [-0.2, -0.15) is 0 Å². The zero-order chi connectivity index (χ0) is 27.5. The average Bonchev–Trinajstić information content (AvgIpc) is 3.52. The van der Waals surface area contributed by atoms with Crippen LogP contribution in [-0.2, 0) is 30.3 Å². The fourth-order valence-corrected chi connectivity index (χ4v) is 5.49. The normalized spacial score (nSPS) is 22.9. The molecule has 2 saturated heterocycles. The third-order valence-corrected chi connectivity index (χ3v) is 7.53. The molecule has 0 spiro atoms. The number of rotatable bonds is 15. The lowest BCUT2D eigenvalue weighted by molar-refractivity contribution is -0.134. The van der Waals surface area contributed by atoms with E-state index < -0.39 is 36.3 Å². The van der Waals surface area contributed by atoms with Crippen molar-refractivity contribution in [3.05, 3.63) is 41.2 Å². The first-order valence-electron chi connectivity index (χ1n) is 13.8. The second-order valence-corrected chi connectivity index (χ2v) is 10.2. The van der Waals surface area contributed by atoms with Gasteiger partial charge in [-0.05, 0) is 55.0 Å². The highest BCUT2D eigenvalue weighted by atomic mass is 19.1. The van der Waals surface area contributed by atoms with Gasteiger partial charge in [-0.25, -0.2) is 9.18 Å². The van der Waals surface area contributed by atoms with Gasteiger partial charge in [-0.3, -0.25) is 9.59 Å². The number of fused-ring (bicyclic) bond motifs is 2. The molecule has 3 N–H and O–H groups in total. The van der Waals surface area contributed by atoms with Gasteiger partial charge in [0.25, 0.3) is 0 Å². The highest BCUT2D eigenvalue weighted by molar-refractivity contribution is 5.89. The maximum Gasteiger partial charge on any atom is 0.330 e. The maximum atomic E-state index is 14.1. The molecule has 38 heavy (non-hydrogen) atoms. The van der Waals surface area contributed by atoms with Gasteiger partial charge in [-0.15, -0.1) is 0 Å². The summed E-state index contributed by atoms with van der Waals surface area (Å²) >= 11 is 0. The Balaban J connectivity index is 1.62. The Bertz CT molecular complexity index is 984. The lowest BCUT2D eigenvalue weighted by atomic mass is 9.75. The molecule has 2 amide bonds. The fraction of sp³-hybridized carbons (Fsp3) is 0.621. The van der Waals surface area contributed by atoms with Crippen LogP contribution in [0.3, 0.4) is 0 Å². The number of carbonyl (C=O) groups is 3. The highest BCUT2D eigenvalue weighted by Crippen LogP contribution is 2.45. The number of carbonyl (C=O) groups excluding carboxylic acids is 3. The molecular formula is C29H41FN2O6. The molecular weight excluding hydrogens is 491 g/mol. The van der Waals surface area contributed by atoms with Gasteiger partial charge in [0.2, 0.25) is 11.8 Å². The fourth-order valence-electron chi connectivity index (χ4n) is 5.49. The molecule has 1 aromatic rings. The van der Waals surface area contributed by atoms with Crippen LogP contribution >= 0.6 is 0 Å². The zero-order valence-electron chi connectivity index (χ0n) is 22.4. The lowest BCUT2D eigenvalue weighted by Crippen LogP contribution is -2.53. The van der Waals surface area contributed by atoms with E-state index in [4.69, 9.17) is 4.74 Å². The molecule has 2 aliphatic heterocycles. The Kier molecular flexibility index (Phi) is 11.7. The molecule has 5 unspecified atom stereocenters. The third-order valence-electron chi connectivity index (χ3n) is 7.53. The summed E-state index contributed by atoms with van der Waals surface area (Å²) < 4.78 is 24.9. The van der Waals surface area contributed by atoms with Crippen molar-refractivity contribution in [2.75, 3.05) is 20.3 Å². The van der Waals surface area contributed by atoms with Crippen LogP contribution in [0.4, 0.5) is 4.39 Å². The monoisotopic (exact) mass is 532 g/mol. The van der Waals surface area contributed by atoms with Crippen molar-refractivity contribution in [3.63, 3.8) is 0 Å². The number of aliphatic hydroxyl groups is 1. The van der Waals surface area contributed by atoms with Crippen LogP contribution in [0.25, 0.3) is 6.08 Å². The summed E-state index contributed by atoms with van der Waals surface area (Å²) in [5, 5.41) is 15.4. The molecule has 3 rings (SSSR count). The lowest BCUT2D eigenvalue weighted by Gasteiger charge is -2.29. The minimum atomic E-state index is -1.05. The summed E-state index contributed by atoms with van der Waals surface area (Å²) in [5.74, 6) is -2.45. The van der Waals surface area contributed by atoms with Gasteiger partial charge < -0.3 is 25.2 Å². The Morgan fingerprint density at radius 2 is 1.89 bits per heavy atom. The van der Waals surface area contributed by atoms with Crippen molar-refractivity contribution < 1.29 is 33.4 Å². The van der Waals surface area contributed by atoms with Gasteiger partial charge in [0.15, 0.2) is 0 Å². The summed E-state index contributed by atoms with van der Waals surface area (Å²) in [5.41, 5.74) is 1.31. The van der Waals surface area contributed by atoms with Crippen LogP contribution < -0.4 is 10.6 Å². The van der Waals surface area contributed by atoms with E-state index in [1.807, 2.05) is 0 Å². The number of unbranched alkanes of at least 4 members (excludes halogenated alkanes) is 5. The van der Waals surface area contributed by atoms with E-state index in [0.29, 0.717) is 24.1 Å². The number of halogens is 1. The predicted octanol–water partition coefficient (Wildman–Crippen LogP) is 3.30. The molecule has 2 aliphatic rings. The summed E-state index contributed by atoms with van der Waals surface area (Å²) in [4.78, 5) is 37.5. The van der Waals surface area contributed by atoms with Crippen LogP contribution in [0.1, 0.15) is 69.4 Å². The van der Waals surface area contributed by atoms with Crippen LogP contribution in [0.15, 0.2) is 24.3 Å². The number of hydrogen-bond acceptors (Lipinski definition) is 6. The molecule has 8 nitrogen and oxygen atoms in total. The van der Waals surface area contributed by atoms with Crippen molar-refractivity contribution in [3.8, 4) is 0 Å². The average molecular weight is 533 g/mol. The standard InChI is InChI=1S/C29H41FN2O6/c1-3-4-5-6-7-8-15-31-28(35)23(18-33)32-29(36)27-22(24-12-13-25(27)38-24)17-20-16-21(30)11-9-19(20)10-14-26(34)37-2/h9-11,14,16,22-25,27,33H,3-8,12-13,15,17-18H2,1-2H3,(H,31,35)(H,32,36)/b14-10+. The van der Waals surface area contributed by atoms with E-state index in [0.717, 1.165) is 32.1 Å². The van der Waals surface area contributed by atoms with Crippen molar-refractivity contribution in [1.29, 1.82) is 0 Å². The van der Waals surface area contributed by atoms with Gasteiger partial charge in [0, 0.05) is 18.5 Å². The van der Waals surface area contributed by atoms with Gasteiger partial charge in [0.05, 0.1) is 31.8 Å². The van der Waals surface area contributed by atoms with Crippen molar-refractivity contribution in [2.45, 2.75) is 83.0 Å². The van der Waals surface area contributed by atoms with Crippen molar-refractivity contribution in [1.82, 2.24) is 10.6 Å². The Hall–Kier alpha value is -2.78. The van der Waals surface area contributed by atoms with Gasteiger partial charge in [0.1, 0.15) is 11.9 Å². The number of aliphatic hydroxyl groups excluding tert-OH is 1. The largest absolute Gasteiger partial charge is 0.466 e. The predicted molar refractivity (Wildman–Crippen MR) is 141 cm³/mol. The quantitative estimate of drug-likeness (QED) is 0.181. The molecule has 2 fully saturated rings. The maximum absolute atomic E-state index is 14.1. The van der Waals surface area contributed by atoms with Crippen molar-refractivity contribution >= 4 is 23.9 Å². The van der Waals surface area contributed by atoms with Gasteiger partial charge >= 0.3 is 5.97 Å². The summed E-state index contributed by atoms with van der Waals surface area (Å²) in [7, 11) is 1.28. The number of nitrogens with one attached hydrogen (secondary N) is 2. The van der Waals surface area contributed by atoms with E-state index >= 15 is 0 Å². The van der Waals surface area contributed by atoms with E-state index in [-0.39, 0.29) is 24.0 Å². The number of amides is 2. The number of esters is 1. The molecule has 0 aliphatic carbocycles. The summed E-state index contributed by atoms with van der Waals surface area (Å²) in [6.45, 7) is 2.16. The molecule has 0 aromatic heterocycles. The second kappa shape index (κ2) is 15.0. The minimum Gasteiger partial charge on any atom is -0.466 e. The first kappa shape index (κ1) is 29.8. The molecule has 9 heteroatoms. The Labute approximate surface area is 224 Å². The highest BCUT2D eigenvalue weighted by Gasteiger charge is 2.52. The third kappa shape index (κ3) is 8.11. The summed E-state index contributed by atoms with van der Waals surface area (Å²) in [6.07, 6.45) is 10.9.